The van der Waals surface area contributed by atoms with E-state index in [4.69, 9.17) is 11.6 Å². The number of hydrogen-bond donors (Lipinski definition) is 1. The van der Waals surface area contributed by atoms with Crippen LogP contribution in [0.15, 0.2) is 35.4 Å². The van der Waals surface area contributed by atoms with Gasteiger partial charge < -0.3 is 0 Å². The van der Waals surface area contributed by atoms with Crippen molar-refractivity contribution in [3.8, 4) is 0 Å². The molecule has 0 radical (unpaired) electrons. The predicted octanol–water partition coefficient (Wildman–Crippen LogP) is 3.38. The van der Waals surface area contributed by atoms with E-state index in [1.54, 1.807) is 0 Å². The highest BCUT2D eigenvalue weighted by atomic mass is 35.5. The summed E-state index contributed by atoms with van der Waals surface area (Å²) in [6.07, 6.45) is 1.51. The number of halogens is 1. The van der Waals surface area contributed by atoms with Gasteiger partial charge >= 0.3 is 0 Å². The van der Waals surface area contributed by atoms with Gasteiger partial charge in [0.25, 0.3) is 11.6 Å². The summed E-state index contributed by atoms with van der Waals surface area (Å²) >= 11 is 7.22. The van der Waals surface area contributed by atoms with E-state index in [9.17, 15) is 14.9 Å². The van der Waals surface area contributed by atoms with E-state index in [1.807, 2.05) is 19.1 Å². The SMILES string of the molecule is Cc1ccc(/C=N/NC(=O)c2ccc(Cl)c([N+](=O)[O-])c2)s1. The first-order valence-corrected chi connectivity index (χ1v) is 7.00. The average molecular weight is 324 g/mol. The van der Waals surface area contributed by atoms with Crippen molar-refractivity contribution >= 4 is 40.7 Å². The van der Waals surface area contributed by atoms with E-state index in [0.29, 0.717) is 0 Å². The summed E-state index contributed by atoms with van der Waals surface area (Å²) in [7, 11) is 0. The number of benzene rings is 1. The summed E-state index contributed by atoms with van der Waals surface area (Å²) in [5, 5.41) is 14.6. The van der Waals surface area contributed by atoms with Crippen molar-refractivity contribution in [2.45, 2.75) is 6.92 Å². The molecule has 0 aliphatic carbocycles. The third kappa shape index (κ3) is 3.87. The molecule has 0 unspecified atom stereocenters. The molecule has 2 aromatic rings. The van der Waals surface area contributed by atoms with Crippen molar-refractivity contribution in [3.05, 3.63) is 60.8 Å². The summed E-state index contributed by atoms with van der Waals surface area (Å²) in [6.45, 7) is 1.97. The number of hydrogen-bond acceptors (Lipinski definition) is 5. The molecule has 1 aromatic carbocycles. The molecular formula is C13H10ClN3O3S. The van der Waals surface area contributed by atoms with E-state index in [1.165, 1.54) is 29.7 Å². The normalized spacial score (nSPS) is 10.8. The Kier molecular flexibility index (Phi) is 4.66. The average Bonchev–Trinajstić information content (AvgIpc) is 2.84. The van der Waals surface area contributed by atoms with Crippen molar-refractivity contribution in [1.82, 2.24) is 5.43 Å². The minimum absolute atomic E-state index is 0.0193. The number of nitro benzene ring substituents is 1. The van der Waals surface area contributed by atoms with Crippen LogP contribution in [0.4, 0.5) is 5.69 Å². The largest absolute Gasteiger partial charge is 0.288 e. The summed E-state index contributed by atoms with van der Waals surface area (Å²) in [5.74, 6) is -0.542. The monoisotopic (exact) mass is 323 g/mol. The molecule has 1 heterocycles. The Labute approximate surface area is 129 Å². The van der Waals surface area contributed by atoms with Crippen LogP contribution in [0.5, 0.6) is 0 Å². The second-order valence-electron chi connectivity index (χ2n) is 4.07. The lowest BCUT2D eigenvalue weighted by atomic mass is 10.2. The van der Waals surface area contributed by atoms with Crippen molar-refractivity contribution in [1.29, 1.82) is 0 Å². The number of nitrogens with one attached hydrogen (secondary N) is 1. The van der Waals surface area contributed by atoms with Gasteiger partial charge in [0.15, 0.2) is 0 Å². The number of carbonyl (C=O) groups excluding carboxylic acids is 1. The van der Waals surface area contributed by atoms with Gasteiger partial charge in [-0.15, -0.1) is 11.3 Å². The van der Waals surface area contributed by atoms with E-state index in [-0.39, 0.29) is 16.3 Å². The van der Waals surface area contributed by atoms with E-state index >= 15 is 0 Å². The second kappa shape index (κ2) is 6.47. The fourth-order valence-electron chi connectivity index (χ4n) is 1.54. The van der Waals surface area contributed by atoms with Crippen LogP contribution in [0.2, 0.25) is 5.02 Å². The van der Waals surface area contributed by atoms with Crippen LogP contribution in [0.25, 0.3) is 0 Å². The highest BCUT2D eigenvalue weighted by Gasteiger charge is 2.15. The van der Waals surface area contributed by atoms with Crippen LogP contribution in [-0.4, -0.2) is 17.0 Å². The lowest BCUT2D eigenvalue weighted by Gasteiger charge is -2.00. The zero-order valence-corrected chi connectivity index (χ0v) is 12.4. The molecule has 21 heavy (non-hydrogen) atoms. The third-order valence-corrected chi connectivity index (χ3v) is 3.78. The van der Waals surface area contributed by atoms with Gasteiger partial charge in [0.05, 0.1) is 11.1 Å². The van der Waals surface area contributed by atoms with Gasteiger partial charge in [0.2, 0.25) is 0 Å². The Morgan fingerprint density at radius 3 is 2.81 bits per heavy atom. The minimum Gasteiger partial charge on any atom is -0.267 e. The van der Waals surface area contributed by atoms with Crippen molar-refractivity contribution in [2.75, 3.05) is 0 Å². The standard InChI is InChI=1S/C13H10ClN3O3S/c1-8-2-4-10(21-8)7-15-16-13(18)9-3-5-11(14)12(6-9)17(19)20/h2-7H,1H3,(H,16,18)/b15-7+. The number of hydrazone groups is 1. The Bertz CT molecular complexity index is 727. The fraction of sp³-hybridized carbons (Fsp3) is 0.0769. The lowest BCUT2D eigenvalue weighted by molar-refractivity contribution is -0.384. The summed E-state index contributed by atoms with van der Waals surface area (Å²) in [5.41, 5.74) is 2.11. The molecule has 0 saturated carbocycles. The van der Waals surface area contributed by atoms with Crippen LogP contribution in [-0.2, 0) is 0 Å². The number of aryl methyl sites for hydroxylation is 1. The first-order chi connectivity index (χ1) is 9.97. The molecule has 1 amide bonds. The van der Waals surface area contributed by atoms with Gasteiger partial charge in [-0.1, -0.05) is 11.6 Å². The fourth-order valence-corrected chi connectivity index (χ4v) is 2.47. The van der Waals surface area contributed by atoms with E-state index in [2.05, 4.69) is 10.5 Å². The van der Waals surface area contributed by atoms with Gasteiger partial charge in [0.1, 0.15) is 5.02 Å². The van der Waals surface area contributed by atoms with E-state index < -0.39 is 10.8 Å². The molecule has 0 aliphatic rings. The van der Waals surface area contributed by atoms with E-state index in [0.717, 1.165) is 15.8 Å². The van der Waals surface area contributed by atoms with Gasteiger partial charge in [-0.3, -0.25) is 14.9 Å². The zero-order chi connectivity index (χ0) is 15.4. The maximum absolute atomic E-state index is 11.8. The maximum Gasteiger partial charge on any atom is 0.288 e. The van der Waals surface area contributed by atoms with Crippen molar-refractivity contribution < 1.29 is 9.72 Å². The van der Waals surface area contributed by atoms with Crippen molar-refractivity contribution in [3.63, 3.8) is 0 Å². The number of nitrogens with zero attached hydrogens (tertiary/aromatic N) is 2. The Balaban J connectivity index is 2.08. The molecule has 0 spiro atoms. The van der Waals surface area contributed by atoms with Gasteiger partial charge in [-0.05, 0) is 31.2 Å². The molecule has 0 saturated heterocycles. The highest BCUT2D eigenvalue weighted by Crippen LogP contribution is 2.24. The van der Waals surface area contributed by atoms with Crippen LogP contribution < -0.4 is 5.43 Å². The molecule has 1 N–H and O–H groups in total. The summed E-state index contributed by atoms with van der Waals surface area (Å²) in [6, 6.07) is 7.64. The summed E-state index contributed by atoms with van der Waals surface area (Å²) in [4.78, 5) is 24.0. The zero-order valence-electron chi connectivity index (χ0n) is 10.9. The Morgan fingerprint density at radius 2 is 2.19 bits per heavy atom. The number of rotatable bonds is 4. The molecule has 6 nitrogen and oxygen atoms in total. The lowest BCUT2D eigenvalue weighted by Crippen LogP contribution is -2.17. The number of amides is 1. The third-order valence-electron chi connectivity index (χ3n) is 2.52. The van der Waals surface area contributed by atoms with Crippen molar-refractivity contribution in [2.24, 2.45) is 5.10 Å². The quantitative estimate of drug-likeness (QED) is 0.531. The van der Waals surface area contributed by atoms with Crippen LogP contribution >= 0.6 is 22.9 Å². The van der Waals surface area contributed by atoms with Crippen LogP contribution in [0, 0.1) is 17.0 Å². The molecule has 1 aromatic heterocycles. The van der Waals surface area contributed by atoms with Crippen LogP contribution in [0.1, 0.15) is 20.1 Å². The predicted molar refractivity (Wildman–Crippen MR) is 82.2 cm³/mol. The van der Waals surface area contributed by atoms with Gasteiger partial charge in [-0.2, -0.15) is 5.10 Å². The number of carbonyl (C=O) groups is 1. The smallest absolute Gasteiger partial charge is 0.267 e. The molecule has 108 valence electrons. The molecule has 8 heteroatoms. The molecule has 2 rings (SSSR count). The molecular weight excluding hydrogens is 314 g/mol. The Morgan fingerprint density at radius 1 is 1.43 bits per heavy atom. The summed E-state index contributed by atoms with van der Waals surface area (Å²) < 4.78 is 0. The molecule has 0 aliphatic heterocycles. The first kappa shape index (κ1) is 15.1. The topological polar surface area (TPSA) is 84.6 Å². The Hall–Kier alpha value is -2.25. The molecule has 0 atom stereocenters. The molecule has 0 bridgehead atoms. The number of thiophene rings is 1. The first-order valence-electron chi connectivity index (χ1n) is 5.81. The highest BCUT2D eigenvalue weighted by molar-refractivity contribution is 7.13. The molecule has 0 fully saturated rings. The van der Waals surface area contributed by atoms with Crippen LogP contribution in [0.3, 0.4) is 0 Å². The second-order valence-corrected chi connectivity index (χ2v) is 5.80. The maximum atomic E-state index is 11.8. The minimum atomic E-state index is -0.642. The van der Waals surface area contributed by atoms with Gasteiger partial charge in [-0.25, -0.2) is 5.43 Å². The van der Waals surface area contributed by atoms with Gasteiger partial charge in [0, 0.05) is 21.4 Å². The number of nitro groups is 1.